The van der Waals surface area contributed by atoms with Crippen molar-refractivity contribution >= 4 is 23.3 Å². The van der Waals surface area contributed by atoms with Gasteiger partial charge in [-0.2, -0.15) is 0 Å². The first kappa shape index (κ1) is 16.2. The van der Waals surface area contributed by atoms with Gasteiger partial charge >= 0.3 is 11.7 Å². The molecule has 0 aliphatic heterocycles. The van der Waals surface area contributed by atoms with Crippen LogP contribution in [0.2, 0.25) is 5.02 Å². The maximum atomic E-state index is 10.8. The van der Waals surface area contributed by atoms with Crippen molar-refractivity contribution in [3.8, 4) is 5.75 Å². The van der Waals surface area contributed by atoms with E-state index in [0.717, 1.165) is 12.8 Å². The van der Waals surface area contributed by atoms with Gasteiger partial charge in [-0.3, -0.25) is 14.9 Å². The Kier molecular flexibility index (Phi) is 6.79. The minimum atomic E-state index is -0.798. The van der Waals surface area contributed by atoms with Crippen molar-refractivity contribution in [2.24, 2.45) is 0 Å². The first-order chi connectivity index (χ1) is 9.52. The first-order valence-electron chi connectivity index (χ1n) is 6.30. The summed E-state index contributed by atoms with van der Waals surface area (Å²) < 4.78 is 5.37. The number of aliphatic carboxylic acids is 1. The molecule has 0 heterocycles. The number of para-hydroxylation sites is 1. The molecule has 0 bridgehead atoms. The van der Waals surface area contributed by atoms with Crippen molar-refractivity contribution in [1.82, 2.24) is 0 Å². The number of ether oxygens (including phenoxy) is 1. The number of carboxylic acid groups (broad SMARTS) is 1. The van der Waals surface area contributed by atoms with Crippen LogP contribution in [0.3, 0.4) is 0 Å². The van der Waals surface area contributed by atoms with Crippen molar-refractivity contribution < 1.29 is 19.6 Å². The van der Waals surface area contributed by atoms with Crippen LogP contribution in [0.4, 0.5) is 5.69 Å². The summed E-state index contributed by atoms with van der Waals surface area (Å²) in [6, 6.07) is 4.38. The van der Waals surface area contributed by atoms with Gasteiger partial charge in [-0.1, -0.05) is 30.5 Å². The molecule has 0 spiro atoms. The van der Waals surface area contributed by atoms with E-state index in [-0.39, 0.29) is 22.9 Å². The van der Waals surface area contributed by atoms with E-state index in [4.69, 9.17) is 21.4 Å². The van der Waals surface area contributed by atoms with Crippen LogP contribution in [0, 0.1) is 10.1 Å². The van der Waals surface area contributed by atoms with Gasteiger partial charge in [-0.25, -0.2) is 0 Å². The van der Waals surface area contributed by atoms with Gasteiger partial charge in [0.05, 0.1) is 16.6 Å². The zero-order chi connectivity index (χ0) is 15.0. The number of benzene rings is 1. The number of nitro benzene ring substituents is 1. The summed E-state index contributed by atoms with van der Waals surface area (Å²) in [5.41, 5.74) is -0.150. The lowest BCUT2D eigenvalue weighted by Crippen LogP contribution is -2.01. The number of nitrogens with zero attached hydrogens (tertiary/aromatic N) is 1. The van der Waals surface area contributed by atoms with Crippen LogP contribution in [0.15, 0.2) is 18.2 Å². The predicted octanol–water partition coefficient (Wildman–Crippen LogP) is 3.66. The lowest BCUT2D eigenvalue weighted by molar-refractivity contribution is -0.385. The third kappa shape index (κ3) is 5.44. The molecule has 6 nitrogen and oxygen atoms in total. The Labute approximate surface area is 121 Å². The van der Waals surface area contributed by atoms with Gasteiger partial charge in [0, 0.05) is 12.5 Å². The van der Waals surface area contributed by atoms with E-state index in [0.29, 0.717) is 19.4 Å². The van der Waals surface area contributed by atoms with Gasteiger partial charge in [-0.15, -0.1) is 0 Å². The van der Waals surface area contributed by atoms with Gasteiger partial charge in [0.15, 0.2) is 0 Å². The summed E-state index contributed by atoms with van der Waals surface area (Å²) in [5.74, 6) is -0.711. The molecule has 1 rings (SSSR count). The maximum absolute atomic E-state index is 10.8. The lowest BCUT2D eigenvalue weighted by atomic mass is 10.1. The highest BCUT2D eigenvalue weighted by molar-refractivity contribution is 6.32. The molecular formula is C13H16ClNO5. The second kappa shape index (κ2) is 8.37. The Balaban J connectivity index is 2.35. The van der Waals surface area contributed by atoms with E-state index in [9.17, 15) is 14.9 Å². The van der Waals surface area contributed by atoms with E-state index in [1.165, 1.54) is 18.2 Å². The summed E-state index contributed by atoms with van der Waals surface area (Å²) in [7, 11) is 0. The summed E-state index contributed by atoms with van der Waals surface area (Å²) in [6.07, 6.45) is 3.09. The van der Waals surface area contributed by atoms with Crippen LogP contribution in [0.5, 0.6) is 5.75 Å². The number of nitro groups is 1. The molecule has 20 heavy (non-hydrogen) atoms. The van der Waals surface area contributed by atoms with Crippen molar-refractivity contribution in [2.75, 3.05) is 6.61 Å². The molecule has 0 fully saturated rings. The van der Waals surface area contributed by atoms with Gasteiger partial charge < -0.3 is 9.84 Å². The average molecular weight is 302 g/mol. The summed E-state index contributed by atoms with van der Waals surface area (Å²) in [6.45, 7) is 0.317. The number of hydrogen-bond donors (Lipinski definition) is 1. The molecule has 0 saturated heterocycles. The second-order valence-electron chi connectivity index (χ2n) is 4.25. The molecule has 0 aliphatic carbocycles. The van der Waals surface area contributed by atoms with Crippen LogP contribution >= 0.6 is 11.6 Å². The highest BCUT2D eigenvalue weighted by Gasteiger charge is 2.17. The van der Waals surface area contributed by atoms with E-state index in [1.807, 2.05) is 0 Å². The molecule has 1 N–H and O–H groups in total. The highest BCUT2D eigenvalue weighted by atomic mass is 35.5. The van der Waals surface area contributed by atoms with Crippen LogP contribution in [-0.2, 0) is 4.79 Å². The van der Waals surface area contributed by atoms with Gasteiger partial charge in [0.1, 0.15) is 0 Å². The molecule has 0 saturated carbocycles. The van der Waals surface area contributed by atoms with Gasteiger partial charge in [0.2, 0.25) is 5.75 Å². The third-order valence-corrected chi connectivity index (χ3v) is 2.97. The third-order valence-electron chi connectivity index (χ3n) is 2.67. The van der Waals surface area contributed by atoms with Crippen LogP contribution in [0.25, 0.3) is 0 Å². The Hall–Kier alpha value is -1.82. The molecule has 0 aliphatic rings. The zero-order valence-corrected chi connectivity index (χ0v) is 11.6. The number of carboxylic acids is 1. The monoisotopic (exact) mass is 301 g/mol. The highest BCUT2D eigenvalue weighted by Crippen LogP contribution is 2.34. The minimum Gasteiger partial charge on any atom is -0.486 e. The molecule has 0 atom stereocenters. The molecule has 0 radical (unpaired) electrons. The molecule has 110 valence electrons. The topological polar surface area (TPSA) is 89.7 Å². The largest absolute Gasteiger partial charge is 0.486 e. The molecule has 0 amide bonds. The van der Waals surface area contributed by atoms with Crippen molar-refractivity contribution in [2.45, 2.75) is 32.1 Å². The maximum Gasteiger partial charge on any atom is 0.312 e. The number of rotatable bonds is 9. The SMILES string of the molecule is O=C(O)CCCCCCOc1c(Cl)cccc1[N+](=O)[O-]. The molecule has 1 aromatic rings. The van der Waals surface area contributed by atoms with Gasteiger partial charge in [-0.05, 0) is 18.9 Å². The first-order valence-corrected chi connectivity index (χ1v) is 6.67. The lowest BCUT2D eigenvalue weighted by Gasteiger charge is -2.08. The molecule has 1 aromatic carbocycles. The number of carbonyl (C=O) groups is 1. The Morgan fingerprint density at radius 3 is 2.65 bits per heavy atom. The fourth-order valence-electron chi connectivity index (χ4n) is 1.69. The van der Waals surface area contributed by atoms with Crippen molar-refractivity contribution in [1.29, 1.82) is 0 Å². The predicted molar refractivity (Wildman–Crippen MR) is 74.3 cm³/mol. The number of unbranched alkanes of at least 4 members (excludes halogenated alkanes) is 3. The number of hydrogen-bond acceptors (Lipinski definition) is 4. The van der Waals surface area contributed by atoms with E-state index < -0.39 is 10.9 Å². The fourth-order valence-corrected chi connectivity index (χ4v) is 1.91. The Bertz CT molecular complexity index is 478. The van der Waals surface area contributed by atoms with Crippen LogP contribution in [-0.4, -0.2) is 22.6 Å². The summed E-state index contributed by atoms with van der Waals surface area (Å²) in [4.78, 5) is 20.6. The van der Waals surface area contributed by atoms with Crippen molar-refractivity contribution in [3.05, 3.63) is 33.3 Å². The summed E-state index contributed by atoms with van der Waals surface area (Å²) >= 11 is 5.88. The average Bonchev–Trinajstić information content (AvgIpc) is 2.38. The van der Waals surface area contributed by atoms with Crippen LogP contribution in [0.1, 0.15) is 32.1 Å². The van der Waals surface area contributed by atoms with Crippen LogP contribution < -0.4 is 4.74 Å². The quantitative estimate of drug-likeness (QED) is 0.427. The van der Waals surface area contributed by atoms with E-state index >= 15 is 0 Å². The molecular weight excluding hydrogens is 286 g/mol. The molecule has 0 aromatic heterocycles. The molecule has 7 heteroatoms. The van der Waals surface area contributed by atoms with E-state index in [2.05, 4.69) is 0 Å². The molecule has 0 unspecified atom stereocenters. The Morgan fingerprint density at radius 1 is 1.30 bits per heavy atom. The smallest absolute Gasteiger partial charge is 0.312 e. The number of halogens is 1. The minimum absolute atomic E-state index is 0.0877. The standard InChI is InChI=1S/C13H16ClNO5/c14-10-6-5-7-11(15(18)19)13(10)20-9-4-2-1-3-8-12(16)17/h5-7H,1-4,8-9H2,(H,16,17). The summed E-state index contributed by atoms with van der Waals surface area (Å²) in [5, 5.41) is 19.5. The normalized spacial score (nSPS) is 10.2. The van der Waals surface area contributed by atoms with Crippen molar-refractivity contribution in [3.63, 3.8) is 0 Å². The van der Waals surface area contributed by atoms with Gasteiger partial charge in [0.25, 0.3) is 0 Å². The Morgan fingerprint density at radius 2 is 2.00 bits per heavy atom. The zero-order valence-electron chi connectivity index (χ0n) is 10.9. The van der Waals surface area contributed by atoms with E-state index in [1.54, 1.807) is 0 Å². The fraction of sp³-hybridized carbons (Fsp3) is 0.462. The second-order valence-corrected chi connectivity index (χ2v) is 4.66.